The molecular weight excluding hydrogens is 378 g/mol. The fourth-order valence-electron chi connectivity index (χ4n) is 6.62. The molecule has 7 rings (SSSR count). The summed E-state index contributed by atoms with van der Waals surface area (Å²) in [5, 5.41) is 3.47. The number of H-pyrrole nitrogens is 1. The summed E-state index contributed by atoms with van der Waals surface area (Å²) in [6.07, 6.45) is 4.73. The normalized spacial score (nSPS) is 40.9. The van der Waals surface area contributed by atoms with Crippen molar-refractivity contribution in [3.8, 4) is 0 Å². The molecule has 3 bridgehead atoms. The van der Waals surface area contributed by atoms with E-state index in [1.807, 2.05) is 6.20 Å². The molecule has 7 nitrogen and oxygen atoms in total. The highest BCUT2D eigenvalue weighted by molar-refractivity contribution is 8.04. The average molecular weight is 396 g/mol. The lowest BCUT2D eigenvalue weighted by Gasteiger charge is -2.57. The fraction of sp³-hybridized carbons (Fsp3) is 0.450. The van der Waals surface area contributed by atoms with Gasteiger partial charge >= 0.3 is 5.97 Å². The molecule has 2 saturated heterocycles. The van der Waals surface area contributed by atoms with Gasteiger partial charge in [0.15, 0.2) is 12.1 Å². The number of esters is 1. The number of rotatable bonds is 1. The number of carbonyl (C=O) groups is 3. The van der Waals surface area contributed by atoms with Gasteiger partial charge in [0.1, 0.15) is 6.04 Å². The summed E-state index contributed by atoms with van der Waals surface area (Å²) in [5.41, 5.74) is 4.04. The van der Waals surface area contributed by atoms with Gasteiger partial charge in [-0.25, -0.2) is 0 Å². The zero-order valence-corrected chi connectivity index (χ0v) is 15.9. The maximum absolute atomic E-state index is 13.4. The summed E-state index contributed by atoms with van der Waals surface area (Å²) in [6.45, 7) is 2.19. The number of nitrogens with one attached hydrogen (secondary N) is 3. The van der Waals surface area contributed by atoms with E-state index < -0.39 is 17.6 Å². The fourth-order valence-corrected chi connectivity index (χ4v) is 8.15. The van der Waals surface area contributed by atoms with Crippen LogP contribution in [0.2, 0.25) is 0 Å². The van der Waals surface area contributed by atoms with Crippen LogP contribution in [-0.2, 0) is 20.7 Å². The molecule has 2 fully saturated rings. The minimum atomic E-state index is -0.548. The van der Waals surface area contributed by atoms with Crippen LogP contribution >= 0.6 is 11.8 Å². The molecule has 6 aliphatic rings. The van der Waals surface area contributed by atoms with Gasteiger partial charge in [0.2, 0.25) is 11.6 Å². The van der Waals surface area contributed by atoms with Crippen LogP contribution in [0.5, 0.6) is 0 Å². The molecule has 1 aromatic heterocycles. The summed E-state index contributed by atoms with van der Waals surface area (Å²) < 4.78 is 5.89. The number of aromatic nitrogens is 1. The molecule has 0 aromatic carbocycles. The smallest absolute Gasteiger partial charge is 0.303 e. The number of aromatic amines is 1. The first-order chi connectivity index (χ1) is 13.5. The van der Waals surface area contributed by atoms with E-state index in [1.54, 1.807) is 17.8 Å². The highest BCUT2D eigenvalue weighted by atomic mass is 32.2. The Hall–Kier alpha value is -2.32. The van der Waals surface area contributed by atoms with Crippen molar-refractivity contribution in [1.82, 2.24) is 10.3 Å². The highest BCUT2D eigenvalue weighted by Gasteiger charge is 2.72. The number of fused-ring (bicyclic) bond motifs is 3. The van der Waals surface area contributed by atoms with Crippen molar-refractivity contribution in [2.24, 2.45) is 5.41 Å². The number of hydrogen-bond acceptors (Lipinski definition) is 6. The second-order valence-corrected chi connectivity index (χ2v) is 9.82. The molecule has 0 radical (unpaired) electrons. The quantitative estimate of drug-likeness (QED) is 0.569. The molecular formula is C20H18N3O4S+. The molecule has 4 aliphatic heterocycles. The van der Waals surface area contributed by atoms with Gasteiger partial charge < -0.3 is 19.9 Å². The first-order valence-corrected chi connectivity index (χ1v) is 10.6. The minimum Gasteiger partial charge on any atom is -0.454 e. The van der Waals surface area contributed by atoms with E-state index in [2.05, 4.69) is 10.3 Å². The SMILES string of the molecule is CC(=O)OC1C2C(=O)C=C3SC4CC31C1=C(N4)C(=O)c3[nH]cc4c3C1[NH+]2CC4. The van der Waals surface area contributed by atoms with E-state index in [9.17, 15) is 14.4 Å². The number of ether oxygens (including phenoxy) is 1. The van der Waals surface area contributed by atoms with Crippen LogP contribution in [0.4, 0.5) is 0 Å². The molecule has 2 aliphatic carbocycles. The zero-order chi connectivity index (χ0) is 18.9. The summed E-state index contributed by atoms with van der Waals surface area (Å²) in [7, 11) is 0. The molecule has 8 heteroatoms. The Morgan fingerprint density at radius 3 is 3.07 bits per heavy atom. The Kier molecular flexibility index (Phi) is 2.58. The van der Waals surface area contributed by atoms with Crippen molar-refractivity contribution < 1.29 is 24.0 Å². The number of Topliss-reactive ketones (excluding diaryl/α,β-unsaturated/α-hetero) is 1. The van der Waals surface area contributed by atoms with Crippen LogP contribution in [0.25, 0.3) is 0 Å². The lowest BCUT2D eigenvalue weighted by Crippen LogP contribution is -3.21. The van der Waals surface area contributed by atoms with Crippen LogP contribution in [0.15, 0.2) is 28.4 Å². The summed E-state index contributed by atoms with van der Waals surface area (Å²) >= 11 is 1.61. The number of ketones is 2. The third kappa shape index (κ3) is 1.48. The minimum absolute atomic E-state index is 0.00315. The van der Waals surface area contributed by atoms with Gasteiger partial charge in [-0.1, -0.05) is 0 Å². The molecule has 1 spiro atoms. The van der Waals surface area contributed by atoms with Gasteiger partial charge in [0.05, 0.1) is 28.7 Å². The van der Waals surface area contributed by atoms with Crippen molar-refractivity contribution in [3.05, 3.63) is 45.3 Å². The zero-order valence-electron chi connectivity index (χ0n) is 15.1. The number of piperidine rings is 1. The second kappa shape index (κ2) is 4.63. The van der Waals surface area contributed by atoms with Crippen LogP contribution in [0.3, 0.4) is 0 Å². The molecule has 6 atom stereocenters. The van der Waals surface area contributed by atoms with E-state index in [0.717, 1.165) is 40.3 Å². The Bertz CT molecular complexity index is 1100. The van der Waals surface area contributed by atoms with Gasteiger partial charge in [0.25, 0.3) is 0 Å². The third-order valence-electron chi connectivity index (χ3n) is 7.42. The molecule has 6 unspecified atom stereocenters. The van der Waals surface area contributed by atoms with E-state index in [4.69, 9.17) is 4.74 Å². The van der Waals surface area contributed by atoms with Crippen molar-refractivity contribution in [1.29, 1.82) is 0 Å². The Morgan fingerprint density at radius 2 is 2.25 bits per heavy atom. The first-order valence-electron chi connectivity index (χ1n) is 9.72. The van der Waals surface area contributed by atoms with Crippen LogP contribution in [0.1, 0.15) is 41.0 Å². The molecule has 5 heterocycles. The van der Waals surface area contributed by atoms with E-state index in [-0.39, 0.29) is 29.0 Å². The van der Waals surface area contributed by atoms with Gasteiger partial charge in [-0.2, -0.15) is 0 Å². The molecule has 0 amide bonds. The number of quaternary nitrogens is 1. The largest absolute Gasteiger partial charge is 0.454 e. The summed E-state index contributed by atoms with van der Waals surface area (Å²) in [6, 6.07) is -0.446. The second-order valence-electron chi connectivity index (χ2n) is 8.57. The number of hydrogen-bond donors (Lipinski definition) is 3. The van der Waals surface area contributed by atoms with Crippen molar-refractivity contribution >= 4 is 29.3 Å². The monoisotopic (exact) mass is 396 g/mol. The average Bonchev–Trinajstić information content (AvgIpc) is 3.19. The molecule has 0 saturated carbocycles. The van der Waals surface area contributed by atoms with E-state index in [1.165, 1.54) is 12.5 Å². The lowest BCUT2D eigenvalue weighted by atomic mass is 9.56. The summed E-state index contributed by atoms with van der Waals surface area (Å²) in [5.74, 6) is -0.330. The lowest BCUT2D eigenvalue weighted by molar-refractivity contribution is -0.953. The predicted molar refractivity (Wildman–Crippen MR) is 98.4 cm³/mol. The number of thioether (sulfide) groups is 1. The van der Waals surface area contributed by atoms with Gasteiger partial charge in [-0.05, 0) is 18.1 Å². The van der Waals surface area contributed by atoms with Crippen LogP contribution < -0.4 is 10.2 Å². The third-order valence-corrected chi connectivity index (χ3v) is 8.73. The van der Waals surface area contributed by atoms with Gasteiger partial charge in [-0.15, -0.1) is 11.8 Å². The van der Waals surface area contributed by atoms with E-state index in [0.29, 0.717) is 11.4 Å². The van der Waals surface area contributed by atoms with Crippen LogP contribution in [-0.4, -0.2) is 46.6 Å². The van der Waals surface area contributed by atoms with Gasteiger partial charge in [0, 0.05) is 35.6 Å². The number of allylic oxidation sites excluding steroid dienone is 1. The van der Waals surface area contributed by atoms with Crippen molar-refractivity contribution in [3.63, 3.8) is 0 Å². The van der Waals surface area contributed by atoms with Gasteiger partial charge in [-0.3, -0.25) is 14.4 Å². The number of carbonyl (C=O) groups excluding carboxylic acids is 3. The molecule has 1 aromatic rings. The summed E-state index contributed by atoms with van der Waals surface area (Å²) in [4.78, 5) is 43.9. The first kappa shape index (κ1) is 15.6. The van der Waals surface area contributed by atoms with Crippen molar-refractivity contribution in [2.75, 3.05) is 6.54 Å². The Labute approximate surface area is 164 Å². The van der Waals surface area contributed by atoms with E-state index >= 15 is 0 Å². The van der Waals surface area contributed by atoms with Crippen LogP contribution in [0, 0.1) is 5.41 Å². The Balaban J connectivity index is 1.60. The molecule has 142 valence electrons. The molecule has 3 N–H and O–H groups in total. The maximum atomic E-state index is 13.4. The maximum Gasteiger partial charge on any atom is 0.303 e. The highest BCUT2D eigenvalue weighted by Crippen LogP contribution is 2.66. The van der Waals surface area contributed by atoms with Crippen molar-refractivity contribution in [2.45, 2.75) is 43.3 Å². The Morgan fingerprint density at radius 1 is 1.39 bits per heavy atom. The topological polar surface area (TPSA) is 92.7 Å². The standard InChI is InChI=1S/C20H17N3O4S/c1-7(24)27-19-16-9(25)4-10-20(19)5-11(28-10)22-15-13(20)17-12-8(2-3-23(16)17)6-21-14(12)18(15)26/h4,6,11,16-17,19,21-22H,2-3,5H2,1H3/p+1. The molecule has 28 heavy (non-hydrogen) atoms. The predicted octanol–water partition coefficient (Wildman–Crippen LogP) is -0.220.